The molecule has 0 radical (unpaired) electrons. The van der Waals surface area contributed by atoms with Crippen molar-refractivity contribution in [3.05, 3.63) is 59.1 Å². The first kappa shape index (κ1) is 10.5. The second kappa shape index (κ2) is 4.00. The minimum absolute atomic E-state index is 0.0660. The highest BCUT2D eigenvalue weighted by molar-refractivity contribution is 5.82. The molecule has 3 rings (SSSR count). The molecule has 1 N–H and O–H groups in total. The van der Waals surface area contributed by atoms with Crippen molar-refractivity contribution in [1.82, 2.24) is 4.98 Å². The van der Waals surface area contributed by atoms with Crippen molar-refractivity contribution in [2.24, 2.45) is 0 Å². The van der Waals surface area contributed by atoms with Crippen LogP contribution in [-0.4, -0.2) is 10.1 Å². The van der Waals surface area contributed by atoms with Gasteiger partial charge in [0.2, 0.25) is 0 Å². The first-order valence-electron chi connectivity index (χ1n) is 5.42. The van der Waals surface area contributed by atoms with Gasteiger partial charge in [-0.25, -0.2) is 4.79 Å². The molecule has 88 valence electrons. The molecule has 0 bridgehead atoms. The Kier molecular flexibility index (Phi) is 2.34. The van der Waals surface area contributed by atoms with Gasteiger partial charge in [0, 0.05) is 17.6 Å². The number of benzene rings is 1. The van der Waals surface area contributed by atoms with Crippen LogP contribution in [-0.2, 0) is 0 Å². The maximum absolute atomic E-state index is 11.9. The molecular weight excluding hydrogens is 230 g/mol. The van der Waals surface area contributed by atoms with Crippen molar-refractivity contribution in [2.45, 2.75) is 0 Å². The zero-order valence-electron chi connectivity index (χ0n) is 9.33. The predicted octanol–water partition coefficient (Wildman–Crippen LogP) is 2.56. The summed E-state index contributed by atoms with van der Waals surface area (Å²) in [5.74, 6) is 0.0660. The molecule has 0 spiro atoms. The Morgan fingerprint density at radius 1 is 1.11 bits per heavy atom. The van der Waals surface area contributed by atoms with Crippen LogP contribution in [0.1, 0.15) is 0 Å². The molecular formula is C14H9NO3. The van der Waals surface area contributed by atoms with E-state index in [1.807, 2.05) is 6.07 Å². The van der Waals surface area contributed by atoms with Crippen LogP contribution < -0.4 is 5.63 Å². The summed E-state index contributed by atoms with van der Waals surface area (Å²) in [4.78, 5) is 16.0. The average molecular weight is 239 g/mol. The van der Waals surface area contributed by atoms with Crippen molar-refractivity contribution in [2.75, 3.05) is 0 Å². The Labute approximate surface area is 102 Å². The van der Waals surface area contributed by atoms with Gasteiger partial charge in [-0.2, -0.15) is 0 Å². The summed E-state index contributed by atoms with van der Waals surface area (Å²) in [6, 6.07) is 11.7. The fourth-order valence-electron chi connectivity index (χ4n) is 1.80. The number of phenols is 1. The largest absolute Gasteiger partial charge is 0.508 e. The summed E-state index contributed by atoms with van der Waals surface area (Å²) < 4.78 is 5.17. The van der Waals surface area contributed by atoms with Gasteiger partial charge >= 0.3 is 5.63 Å². The first-order valence-corrected chi connectivity index (χ1v) is 5.42. The molecule has 2 aromatic heterocycles. The molecule has 0 aliphatic carbocycles. The summed E-state index contributed by atoms with van der Waals surface area (Å²) >= 11 is 0. The van der Waals surface area contributed by atoms with E-state index in [4.69, 9.17) is 4.42 Å². The minimum atomic E-state index is -0.466. The highest BCUT2D eigenvalue weighted by Gasteiger charge is 2.08. The van der Waals surface area contributed by atoms with Crippen molar-refractivity contribution >= 4 is 11.0 Å². The van der Waals surface area contributed by atoms with E-state index in [1.165, 1.54) is 6.07 Å². The smallest absolute Gasteiger partial charge is 0.345 e. The molecule has 1 aromatic carbocycles. The number of nitrogens with zero attached hydrogens (tertiary/aromatic N) is 1. The Morgan fingerprint density at radius 2 is 2.00 bits per heavy atom. The summed E-state index contributed by atoms with van der Waals surface area (Å²) in [6.07, 6.45) is 1.62. The van der Waals surface area contributed by atoms with Crippen LogP contribution in [0.15, 0.2) is 57.9 Å². The highest BCUT2D eigenvalue weighted by Crippen LogP contribution is 2.22. The fraction of sp³-hybridized carbons (Fsp3) is 0. The summed E-state index contributed by atoms with van der Waals surface area (Å²) in [7, 11) is 0. The van der Waals surface area contributed by atoms with Crippen molar-refractivity contribution < 1.29 is 9.52 Å². The molecule has 4 heteroatoms. The molecule has 4 nitrogen and oxygen atoms in total. The van der Waals surface area contributed by atoms with Gasteiger partial charge in [-0.1, -0.05) is 6.07 Å². The maximum atomic E-state index is 11.9. The van der Waals surface area contributed by atoms with E-state index in [1.54, 1.807) is 36.5 Å². The quantitative estimate of drug-likeness (QED) is 0.663. The van der Waals surface area contributed by atoms with E-state index < -0.39 is 5.63 Å². The average Bonchev–Trinajstić information content (AvgIpc) is 2.39. The molecule has 0 amide bonds. The zero-order chi connectivity index (χ0) is 12.5. The molecule has 0 fully saturated rings. The molecule has 3 aromatic rings. The van der Waals surface area contributed by atoms with E-state index in [0.717, 1.165) is 5.39 Å². The van der Waals surface area contributed by atoms with Crippen LogP contribution in [0.4, 0.5) is 0 Å². The number of rotatable bonds is 1. The Balaban J connectivity index is 2.29. The van der Waals surface area contributed by atoms with Crippen LogP contribution >= 0.6 is 0 Å². The number of hydrogen-bond acceptors (Lipinski definition) is 4. The van der Waals surface area contributed by atoms with Crippen LogP contribution in [0, 0.1) is 0 Å². The first-order chi connectivity index (χ1) is 8.74. The third kappa shape index (κ3) is 1.73. The number of aromatic nitrogens is 1. The third-order valence-corrected chi connectivity index (χ3v) is 2.66. The molecule has 18 heavy (non-hydrogen) atoms. The monoisotopic (exact) mass is 239 g/mol. The number of aromatic hydroxyl groups is 1. The van der Waals surface area contributed by atoms with E-state index in [2.05, 4.69) is 4.98 Å². The van der Waals surface area contributed by atoms with Crippen LogP contribution in [0.25, 0.3) is 22.2 Å². The van der Waals surface area contributed by atoms with Gasteiger partial charge in [0.05, 0.1) is 11.3 Å². The number of hydrogen-bond donors (Lipinski definition) is 1. The van der Waals surface area contributed by atoms with Gasteiger partial charge in [0.25, 0.3) is 0 Å². The van der Waals surface area contributed by atoms with Gasteiger partial charge in [0.15, 0.2) is 0 Å². The Bertz CT molecular complexity index is 763. The molecule has 0 saturated heterocycles. The van der Waals surface area contributed by atoms with Crippen molar-refractivity contribution in [3.8, 4) is 17.0 Å². The predicted molar refractivity (Wildman–Crippen MR) is 67.4 cm³/mol. The van der Waals surface area contributed by atoms with Crippen LogP contribution in [0.2, 0.25) is 0 Å². The molecule has 0 aliphatic heterocycles. The van der Waals surface area contributed by atoms with Gasteiger partial charge in [-0.15, -0.1) is 0 Å². The molecule has 0 unspecified atom stereocenters. The maximum Gasteiger partial charge on any atom is 0.345 e. The number of phenolic OH excluding ortho intramolecular Hbond substituents is 1. The second-order valence-corrected chi connectivity index (χ2v) is 3.88. The fourth-order valence-corrected chi connectivity index (χ4v) is 1.80. The Morgan fingerprint density at radius 3 is 2.78 bits per heavy atom. The van der Waals surface area contributed by atoms with Crippen molar-refractivity contribution in [1.29, 1.82) is 0 Å². The Hall–Kier alpha value is -2.62. The molecule has 0 aliphatic rings. The van der Waals surface area contributed by atoms with Gasteiger partial charge < -0.3 is 9.52 Å². The normalized spacial score (nSPS) is 10.7. The van der Waals surface area contributed by atoms with Gasteiger partial charge in [-0.05, 0) is 30.3 Å². The number of fused-ring (bicyclic) bond motifs is 1. The SMILES string of the molecule is O=c1oc2cc(O)ccc2cc1-c1ccccn1. The van der Waals surface area contributed by atoms with Gasteiger partial charge in [-0.3, -0.25) is 4.98 Å². The van der Waals surface area contributed by atoms with E-state index >= 15 is 0 Å². The van der Waals surface area contributed by atoms with E-state index in [0.29, 0.717) is 16.8 Å². The number of pyridine rings is 1. The standard InChI is InChI=1S/C14H9NO3/c16-10-5-4-9-7-11(12-3-1-2-6-15-12)14(17)18-13(9)8-10/h1-8,16H. The van der Waals surface area contributed by atoms with Crippen LogP contribution in [0.3, 0.4) is 0 Å². The summed E-state index contributed by atoms with van der Waals surface area (Å²) in [6.45, 7) is 0. The second-order valence-electron chi connectivity index (χ2n) is 3.88. The topological polar surface area (TPSA) is 63.3 Å². The lowest BCUT2D eigenvalue weighted by Gasteiger charge is -2.01. The minimum Gasteiger partial charge on any atom is -0.508 e. The molecule has 0 atom stereocenters. The highest BCUT2D eigenvalue weighted by atomic mass is 16.4. The zero-order valence-corrected chi connectivity index (χ0v) is 9.33. The van der Waals surface area contributed by atoms with E-state index in [-0.39, 0.29) is 5.75 Å². The summed E-state index contributed by atoms with van der Waals surface area (Å²) in [5.41, 5.74) is 0.876. The molecule has 2 heterocycles. The lowest BCUT2D eigenvalue weighted by Crippen LogP contribution is -2.03. The lowest BCUT2D eigenvalue weighted by atomic mass is 10.1. The third-order valence-electron chi connectivity index (χ3n) is 2.66. The van der Waals surface area contributed by atoms with E-state index in [9.17, 15) is 9.90 Å². The van der Waals surface area contributed by atoms with Crippen LogP contribution in [0.5, 0.6) is 5.75 Å². The summed E-state index contributed by atoms with van der Waals surface area (Å²) in [5, 5.41) is 10.1. The molecule has 0 saturated carbocycles. The van der Waals surface area contributed by atoms with Crippen molar-refractivity contribution in [3.63, 3.8) is 0 Å². The van der Waals surface area contributed by atoms with Gasteiger partial charge in [0.1, 0.15) is 11.3 Å². The lowest BCUT2D eigenvalue weighted by molar-refractivity contribution is 0.473.